The van der Waals surface area contributed by atoms with Crippen molar-refractivity contribution in [3.8, 4) is 11.4 Å². The molecular formula is C25H22N6O2. The van der Waals surface area contributed by atoms with Gasteiger partial charge in [-0.1, -0.05) is 36.4 Å². The highest BCUT2D eigenvalue weighted by Crippen LogP contribution is 2.30. The van der Waals surface area contributed by atoms with Gasteiger partial charge in [0.2, 0.25) is 5.95 Å². The summed E-state index contributed by atoms with van der Waals surface area (Å²) in [5, 5.41) is 10.1. The van der Waals surface area contributed by atoms with Gasteiger partial charge in [-0.25, -0.2) is 9.38 Å². The Labute approximate surface area is 190 Å². The molecular weight excluding hydrogens is 416 g/mol. The van der Waals surface area contributed by atoms with Gasteiger partial charge < -0.3 is 14.2 Å². The number of fused-ring (bicyclic) bond motifs is 3. The third kappa shape index (κ3) is 3.22. The topological polar surface area (TPSA) is 79.8 Å². The first kappa shape index (κ1) is 19.5. The molecule has 6 rings (SSSR count). The number of aryl methyl sites for hydroxylation is 1. The van der Waals surface area contributed by atoms with E-state index in [9.17, 15) is 4.79 Å². The Morgan fingerprint density at radius 3 is 2.48 bits per heavy atom. The van der Waals surface area contributed by atoms with Gasteiger partial charge in [0.15, 0.2) is 17.2 Å². The van der Waals surface area contributed by atoms with Crippen molar-refractivity contribution in [1.82, 2.24) is 24.5 Å². The summed E-state index contributed by atoms with van der Waals surface area (Å²) in [7, 11) is 0. The number of rotatable bonds is 3. The van der Waals surface area contributed by atoms with Crippen LogP contribution in [-0.2, 0) is 0 Å². The molecule has 1 aliphatic heterocycles. The first-order valence-electron chi connectivity index (χ1n) is 11.0. The van der Waals surface area contributed by atoms with E-state index in [-0.39, 0.29) is 5.91 Å². The van der Waals surface area contributed by atoms with E-state index in [4.69, 9.17) is 9.40 Å². The fraction of sp³-hybridized carbons (Fsp3) is 0.200. The minimum atomic E-state index is -0.0823. The highest BCUT2D eigenvalue weighted by molar-refractivity contribution is 5.94. The number of para-hydroxylation sites is 1. The lowest BCUT2D eigenvalue weighted by molar-refractivity contribution is 0.0714. The quantitative estimate of drug-likeness (QED) is 0.426. The van der Waals surface area contributed by atoms with E-state index in [0.717, 1.165) is 39.4 Å². The fourth-order valence-corrected chi connectivity index (χ4v) is 4.44. The Morgan fingerprint density at radius 2 is 1.70 bits per heavy atom. The van der Waals surface area contributed by atoms with Gasteiger partial charge in [-0.15, -0.1) is 10.2 Å². The average molecular weight is 438 g/mol. The number of anilines is 1. The Hall–Kier alpha value is -4.20. The van der Waals surface area contributed by atoms with E-state index in [2.05, 4.69) is 38.6 Å². The van der Waals surface area contributed by atoms with Crippen molar-refractivity contribution in [3.05, 3.63) is 78.3 Å². The van der Waals surface area contributed by atoms with Crippen molar-refractivity contribution >= 4 is 28.4 Å². The van der Waals surface area contributed by atoms with E-state index >= 15 is 0 Å². The molecule has 0 bridgehead atoms. The van der Waals surface area contributed by atoms with Gasteiger partial charge in [-0.2, -0.15) is 0 Å². The predicted molar refractivity (Wildman–Crippen MR) is 125 cm³/mol. The van der Waals surface area contributed by atoms with Gasteiger partial charge in [0.1, 0.15) is 0 Å². The van der Waals surface area contributed by atoms with Gasteiger partial charge >= 0.3 is 0 Å². The summed E-state index contributed by atoms with van der Waals surface area (Å²) in [6, 6.07) is 19.6. The largest absolute Gasteiger partial charge is 0.459 e. The van der Waals surface area contributed by atoms with Crippen molar-refractivity contribution in [2.45, 2.75) is 6.92 Å². The highest BCUT2D eigenvalue weighted by Gasteiger charge is 2.27. The molecule has 3 aromatic heterocycles. The smallest absolute Gasteiger partial charge is 0.289 e. The number of furan rings is 1. The number of benzene rings is 2. The zero-order valence-electron chi connectivity index (χ0n) is 18.2. The molecule has 0 unspecified atom stereocenters. The zero-order chi connectivity index (χ0) is 22.4. The minimum Gasteiger partial charge on any atom is -0.459 e. The Balaban J connectivity index is 1.43. The first-order chi connectivity index (χ1) is 16.2. The molecule has 0 radical (unpaired) electrons. The summed E-state index contributed by atoms with van der Waals surface area (Å²) < 4.78 is 7.34. The molecule has 1 saturated heterocycles. The van der Waals surface area contributed by atoms with Crippen LogP contribution in [0.2, 0.25) is 0 Å². The van der Waals surface area contributed by atoms with E-state index in [1.165, 1.54) is 6.26 Å². The molecule has 0 saturated carbocycles. The van der Waals surface area contributed by atoms with Crippen LogP contribution in [0, 0.1) is 6.92 Å². The molecule has 164 valence electrons. The minimum absolute atomic E-state index is 0.0823. The molecule has 0 aliphatic carbocycles. The summed E-state index contributed by atoms with van der Waals surface area (Å²) in [4.78, 5) is 21.7. The van der Waals surface area contributed by atoms with E-state index in [1.807, 2.05) is 41.3 Å². The van der Waals surface area contributed by atoms with Crippen LogP contribution >= 0.6 is 0 Å². The number of nitrogens with zero attached hydrogens (tertiary/aromatic N) is 6. The van der Waals surface area contributed by atoms with Crippen LogP contribution in [0.3, 0.4) is 0 Å². The molecule has 33 heavy (non-hydrogen) atoms. The molecule has 1 fully saturated rings. The van der Waals surface area contributed by atoms with Gasteiger partial charge in [0.25, 0.3) is 5.91 Å². The van der Waals surface area contributed by atoms with Crippen LogP contribution < -0.4 is 4.90 Å². The third-order valence-corrected chi connectivity index (χ3v) is 6.20. The molecule has 8 heteroatoms. The zero-order valence-corrected chi connectivity index (χ0v) is 18.2. The molecule has 0 spiro atoms. The van der Waals surface area contributed by atoms with E-state index in [1.54, 1.807) is 12.1 Å². The summed E-state index contributed by atoms with van der Waals surface area (Å²) >= 11 is 0. The maximum Gasteiger partial charge on any atom is 0.289 e. The first-order valence-corrected chi connectivity index (χ1v) is 11.0. The van der Waals surface area contributed by atoms with Gasteiger partial charge in [-0.05, 0) is 36.8 Å². The second kappa shape index (κ2) is 7.74. The number of hydrogen-bond donors (Lipinski definition) is 0. The van der Waals surface area contributed by atoms with Crippen LogP contribution in [-0.4, -0.2) is 56.6 Å². The summed E-state index contributed by atoms with van der Waals surface area (Å²) in [6.07, 6.45) is 1.53. The molecule has 0 N–H and O–H groups in total. The molecule has 0 atom stereocenters. The second-order valence-corrected chi connectivity index (χ2v) is 8.18. The lowest BCUT2D eigenvalue weighted by Crippen LogP contribution is -2.49. The molecule has 8 nitrogen and oxygen atoms in total. The van der Waals surface area contributed by atoms with Crippen molar-refractivity contribution in [3.63, 3.8) is 0 Å². The van der Waals surface area contributed by atoms with Gasteiger partial charge in [-0.3, -0.25) is 4.79 Å². The lowest BCUT2D eigenvalue weighted by atomic mass is 10.1. The van der Waals surface area contributed by atoms with Gasteiger partial charge in [0, 0.05) is 37.1 Å². The van der Waals surface area contributed by atoms with Crippen LogP contribution in [0.15, 0.2) is 71.3 Å². The van der Waals surface area contributed by atoms with E-state index in [0.29, 0.717) is 31.9 Å². The SMILES string of the molecule is Cc1ccccc1-c1nnc2c3ccccc3nc(N3CCN(C(=O)c4ccco4)CC3)n12. The molecule has 2 aromatic carbocycles. The molecule has 5 aromatic rings. The molecule has 4 heterocycles. The number of aromatic nitrogens is 4. The molecule has 1 amide bonds. The summed E-state index contributed by atoms with van der Waals surface area (Å²) in [5.74, 6) is 1.85. The number of hydrogen-bond acceptors (Lipinski definition) is 6. The molecule has 1 aliphatic rings. The van der Waals surface area contributed by atoms with Crippen LogP contribution in [0.25, 0.3) is 27.9 Å². The average Bonchev–Trinajstić information content (AvgIpc) is 3.55. The van der Waals surface area contributed by atoms with Crippen molar-refractivity contribution in [2.75, 3.05) is 31.1 Å². The maximum absolute atomic E-state index is 12.7. The van der Waals surface area contributed by atoms with E-state index < -0.39 is 0 Å². The fourth-order valence-electron chi connectivity index (χ4n) is 4.44. The number of piperazine rings is 1. The standard InChI is InChI=1S/C25H22N6O2/c1-17-7-2-3-8-18(17)22-27-28-23-19-9-4-5-10-20(19)26-25(31(22)23)30-14-12-29(13-15-30)24(32)21-11-6-16-33-21/h2-11,16H,12-15H2,1H3. The van der Waals surface area contributed by atoms with Crippen LogP contribution in [0.1, 0.15) is 16.1 Å². The lowest BCUT2D eigenvalue weighted by Gasteiger charge is -2.35. The Bertz CT molecular complexity index is 1470. The normalized spacial score (nSPS) is 14.3. The predicted octanol–water partition coefficient (Wildman–Crippen LogP) is 3.81. The summed E-state index contributed by atoms with van der Waals surface area (Å²) in [6.45, 7) is 4.54. The van der Waals surface area contributed by atoms with Crippen LogP contribution in [0.4, 0.5) is 5.95 Å². The highest BCUT2D eigenvalue weighted by atomic mass is 16.3. The Kier molecular flexibility index (Phi) is 4.57. The second-order valence-electron chi connectivity index (χ2n) is 8.18. The number of carbonyl (C=O) groups excluding carboxylic acids is 1. The number of amides is 1. The summed E-state index contributed by atoms with van der Waals surface area (Å²) in [5.41, 5.74) is 3.80. The van der Waals surface area contributed by atoms with Crippen molar-refractivity contribution in [2.24, 2.45) is 0 Å². The third-order valence-electron chi connectivity index (χ3n) is 6.20. The van der Waals surface area contributed by atoms with Crippen molar-refractivity contribution in [1.29, 1.82) is 0 Å². The van der Waals surface area contributed by atoms with Crippen molar-refractivity contribution < 1.29 is 9.21 Å². The number of carbonyl (C=O) groups is 1. The maximum atomic E-state index is 12.7. The Morgan fingerprint density at radius 1 is 0.909 bits per heavy atom. The monoisotopic (exact) mass is 438 g/mol. The van der Waals surface area contributed by atoms with Gasteiger partial charge in [0.05, 0.1) is 11.8 Å². The van der Waals surface area contributed by atoms with Crippen LogP contribution in [0.5, 0.6) is 0 Å².